The molecular formula is C16H13ClN2O. The van der Waals surface area contributed by atoms with E-state index in [1.807, 2.05) is 54.6 Å². The van der Waals surface area contributed by atoms with E-state index in [4.69, 9.17) is 16.3 Å². The predicted molar refractivity (Wildman–Crippen MR) is 79.8 cm³/mol. The van der Waals surface area contributed by atoms with Gasteiger partial charge in [-0.05, 0) is 23.3 Å². The minimum absolute atomic E-state index is 0.497. The number of nitrogens with one attached hydrogen (secondary N) is 1. The van der Waals surface area contributed by atoms with Crippen LogP contribution in [0, 0.1) is 0 Å². The third-order valence-corrected chi connectivity index (χ3v) is 3.20. The molecule has 1 aromatic heterocycles. The Bertz CT molecular complexity index is 694. The number of aromatic nitrogens is 2. The molecule has 3 aromatic rings. The fourth-order valence-corrected chi connectivity index (χ4v) is 2.17. The minimum Gasteiger partial charge on any atom is -0.473 e. The Hall–Kier alpha value is -2.26. The quantitative estimate of drug-likeness (QED) is 0.775. The molecule has 0 aliphatic heterocycles. The van der Waals surface area contributed by atoms with Crippen molar-refractivity contribution in [2.24, 2.45) is 0 Å². The highest BCUT2D eigenvalue weighted by Crippen LogP contribution is 2.29. The number of nitrogens with zero attached hydrogens (tertiary/aromatic N) is 1. The number of halogens is 1. The molecule has 1 heterocycles. The topological polar surface area (TPSA) is 37.9 Å². The molecule has 0 spiro atoms. The monoisotopic (exact) mass is 284 g/mol. The molecule has 4 heteroatoms. The van der Waals surface area contributed by atoms with E-state index in [1.54, 1.807) is 6.20 Å². The van der Waals surface area contributed by atoms with Gasteiger partial charge in [0.25, 0.3) is 0 Å². The highest BCUT2D eigenvalue weighted by atomic mass is 35.5. The van der Waals surface area contributed by atoms with Gasteiger partial charge in [-0.25, -0.2) is 5.10 Å². The van der Waals surface area contributed by atoms with Gasteiger partial charge < -0.3 is 4.74 Å². The van der Waals surface area contributed by atoms with Crippen molar-refractivity contribution in [2.75, 3.05) is 0 Å². The number of benzene rings is 2. The van der Waals surface area contributed by atoms with Gasteiger partial charge in [0.15, 0.2) is 0 Å². The first-order valence-electron chi connectivity index (χ1n) is 6.29. The van der Waals surface area contributed by atoms with Crippen LogP contribution in [-0.4, -0.2) is 10.2 Å². The summed E-state index contributed by atoms with van der Waals surface area (Å²) in [7, 11) is 0. The molecule has 0 unspecified atom stereocenters. The molecule has 0 saturated carbocycles. The molecule has 1 N–H and O–H groups in total. The fraction of sp³-hybridized carbons (Fsp3) is 0.0625. The van der Waals surface area contributed by atoms with E-state index in [2.05, 4.69) is 10.2 Å². The molecule has 0 aliphatic rings. The summed E-state index contributed by atoms with van der Waals surface area (Å²) >= 11 is 6.02. The van der Waals surface area contributed by atoms with E-state index in [0.717, 1.165) is 16.7 Å². The average molecular weight is 285 g/mol. The molecule has 0 fully saturated rings. The van der Waals surface area contributed by atoms with Crippen molar-refractivity contribution in [1.29, 1.82) is 0 Å². The van der Waals surface area contributed by atoms with Gasteiger partial charge in [0, 0.05) is 5.02 Å². The lowest BCUT2D eigenvalue weighted by Crippen LogP contribution is -1.96. The maximum absolute atomic E-state index is 6.02. The molecule has 0 radical (unpaired) electrons. The number of aromatic amines is 1. The highest BCUT2D eigenvalue weighted by molar-refractivity contribution is 6.30. The number of ether oxygens (including phenoxy) is 1. The normalized spacial score (nSPS) is 10.4. The van der Waals surface area contributed by atoms with Crippen molar-refractivity contribution in [3.05, 3.63) is 71.4 Å². The van der Waals surface area contributed by atoms with Crippen LogP contribution < -0.4 is 4.74 Å². The third kappa shape index (κ3) is 2.83. The van der Waals surface area contributed by atoms with E-state index in [0.29, 0.717) is 17.5 Å². The van der Waals surface area contributed by atoms with E-state index >= 15 is 0 Å². The lowest BCUT2D eigenvalue weighted by atomic mass is 10.1. The Balaban J connectivity index is 1.80. The van der Waals surface area contributed by atoms with Gasteiger partial charge in [0.05, 0.1) is 11.8 Å². The average Bonchev–Trinajstić information content (AvgIpc) is 2.95. The second-order valence-electron chi connectivity index (χ2n) is 4.40. The van der Waals surface area contributed by atoms with Crippen LogP contribution in [-0.2, 0) is 6.61 Å². The van der Waals surface area contributed by atoms with Gasteiger partial charge in [0.1, 0.15) is 6.61 Å². The van der Waals surface area contributed by atoms with E-state index in [1.165, 1.54) is 0 Å². The standard InChI is InChI=1S/C16H13ClN2O/c17-14-8-4-7-13(9-14)15-10-18-19-16(15)20-11-12-5-2-1-3-6-12/h1-10H,11H2,(H,18,19). The first-order valence-corrected chi connectivity index (χ1v) is 6.67. The molecule has 0 atom stereocenters. The van der Waals surface area contributed by atoms with Gasteiger partial charge in [-0.3, -0.25) is 0 Å². The number of H-pyrrole nitrogens is 1. The highest BCUT2D eigenvalue weighted by Gasteiger charge is 2.09. The van der Waals surface area contributed by atoms with Gasteiger partial charge in [-0.15, -0.1) is 0 Å². The van der Waals surface area contributed by atoms with Crippen LogP contribution in [0.4, 0.5) is 0 Å². The molecule has 20 heavy (non-hydrogen) atoms. The molecule has 0 saturated heterocycles. The van der Waals surface area contributed by atoms with Crippen molar-refractivity contribution < 1.29 is 4.74 Å². The van der Waals surface area contributed by atoms with Crippen LogP contribution in [0.5, 0.6) is 5.88 Å². The van der Waals surface area contributed by atoms with Gasteiger partial charge >= 0.3 is 0 Å². The van der Waals surface area contributed by atoms with Gasteiger partial charge in [-0.2, -0.15) is 5.10 Å². The van der Waals surface area contributed by atoms with Crippen LogP contribution in [0.25, 0.3) is 11.1 Å². The molecular weight excluding hydrogens is 272 g/mol. The third-order valence-electron chi connectivity index (χ3n) is 2.97. The molecule has 0 aliphatic carbocycles. The summed E-state index contributed by atoms with van der Waals surface area (Å²) in [6, 6.07) is 17.6. The second kappa shape index (κ2) is 5.80. The molecule has 2 aromatic carbocycles. The zero-order valence-corrected chi connectivity index (χ0v) is 11.5. The predicted octanol–water partition coefficient (Wildman–Crippen LogP) is 4.31. The van der Waals surface area contributed by atoms with Crippen LogP contribution in [0.3, 0.4) is 0 Å². The van der Waals surface area contributed by atoms with Gasteiger partial charge in [0.2, 0.25) is 5.88 Å². The lowest BCUT2D eigenvalue weighted by Gasteiger charge is -2.07. The molecule has 3 nitrogen and oxygen atoms in total. The number of hydrogen-bond acceptors (Lipinski definition) is 2. The largest absolute Gasteiger partial charge is 0.473 e. The Morgan fingerprint density at radius 2 is 1.90 bits per heavy atom. The summed E-state index contributed by atoms with van der Waals surface area (Å²) in [5.41, 5.74) is 3.00. The Kier molecular flexibility index (Phi) is 3.70. The Morgan fingerprint density at radius 1 is 1.05 bits per heavy atom. The maximum Gasteiger partial charge on any atom is 0.217 e. The van der Waals surface area contributed by atoms with Crippen LogP contribution in [0.2, 0.25) is 5.02 Å². The van der Waals surface area contributed by atoms with E-state index in [-0.39, 0.29) is 0 Å². The zero-order valence-electron chi connectivity index (χ0n) is 10.7. The minimum atomic E-state index is 0.497. The van der Waals surface area contributed by atoms with Crippen molar-refractivity contribution in [3.8, 4) is 17.0 Å². The smallest absolute Gasteiger partial charge is 0.217 e. The first-order chi connectivity index (χ1) is 9.83. The first kappa shape index (κ1) is 12.8. The summed E-state index contributed by atoms with van der Waals surface area (Å²) in [5, 5.41) is 7.62. The second-order valence-corrected chi connectivity index (χ2v) is 4.83. The molecule has 3 rings (SSSR count). The van der Waals surface area contributed by atoms with Crippen molar-refractivity contribution in [2.45, 2.75) is 6.61 Å². The Morgan fingerprint density at radius 3 is 2.70 bits per heavy atom. The molecule has 100 valence electrons. The van der Waals surface area contributed by atoms with Crippen molar-refractivity contribution >= 4 is 11.6 Å². The summed E-state index contributed by atoms with van der Waals surface area (Å²) in [6.07, 6.45) is 1.74. The van der Waals surface area contributed by atoms with E-state index < -0.39 is 0 Å². The number of rotatable bonds is 4. The molecule has 0 amide bonds. The van der Waals surface area contributed by atoms with Crippen LogP contribution >= 0.6 is 11.6 Å². The summed E-state index contributed by atoms with van der Waals surface area (Å²) in [5.74, 6) is 0.649. The lowest BCUT2D eigenvalue weighted by molar-refractivity contribution is 0.294. The van der Waals surface area contributed by atoms with Crippen LogP contribution in [0.1, 0.15) is 5.56 Å². The summed E-state index contributed by atoms with van der Waals surface area (Å²) in [4.78, 5) is 0. The molecule has 0 bridgehead atoms. The summed E-state index contributed by atoms with van der Waals surface area (Å²) in [6.45, 7) is 0.497. The summed E-state index contributed by atoms with van der Waals surface area (Å²) < 4.78 is 5.80. The van der Waals surface area contributed by atoms with Crippen molar-refractivity contribution in [1.82, 2.24) is 10.2 Å². The SMILES string of the molecule is Clc1cccc(-c2cn[nH]c2OCc2ccccc2)c1. The maximum atomic E-state index is 6.02. The van der Waals surface area contributed by atoms with Crippen molar-refractivity contribution in [3.63, 3.8) is 0 Å². The van der Waals surface area contributed by atoms with Gasteiger partial charge in [-0.1, -0.05) is 54.1 Å². The van der Waals surface area contributed by atoms with E-state index in [9.17, 15) is 0 Å². The van der Waals surface area contributed by atoms with Crippen LogP contribution in [0.15, 0.2) is 60.8 Å². The zero-order chi connectivity index (χ0) is 13.8. The number of hydrogen-bond donors (Lipinski definition) is 1. The Labute approximate surface area is 122 Å². The fourth-order valence-electron chi connectivity index (χ4n) is 1.98.